The number of benzene rings is 2. The van der Waals surface area contributed by atoms with E-state index in [9.17, 15) is 9.59 Å². The molecule has 0 fully saturated rings. The number of carboxylic acid groups (broad SMARTS) is 1. The number of hydrogen-bond acceptors (Lipinski definition) is 3. The van der Waals surface area contributed by atoms with Crippen LogP contribution in [-0.4, -0.2) is 17.0 Å². The molecule has 0 saturated heterocycles. The molecule has 142 valence electrons. The van der Waals surface area contributed by atoms with Gasteiger partial charge in [-0.05, 0) is 34.1 Å². The zero-order chi connectivity index (χ0) is 20.1. The highest BCUT2D eigenvalue weighted by molar-refractivity contribution is 5.91. The summed E-state index contributed by atoms with van der Waals surface area (Å²) >= 11 is 0. The summed E-state index contributed by atoms with van der Waals surface area (Å²) in [6, 6.07) is 10.7. The summed E-state index contributed by atoms with van der Waals surface area (Å²) in [6.07, 6.45) is 0. The van der Waals surface area contributed by atoms with Gasteiger partial charge in [0.2, 0.25) is 0 Å². The maximum atomic E-state index is 12.8. The Labute approximate surface area is 160 Å². The smallest absolute Gasteiger partial charge is 0.335 e. The van der Waals surface area contributed by atoms with E-state index in [1.165, 1.54) is 12.1 Å². The van der Waals surface area contributed by atoms with E-state index >= 15 is 0 Å². The lowest BCUT2D eigenvalue weighted by Gasteiger charge is -2.27. The van der Waals surface area contributed by atoms with Gasteiger partial charge in [0.05, 0.1) is 5.56 Å². The number of aromatic carboxylic acids is 1. The maximum absolute atomic E-state index is 12.8. The van der Waals surface area contributed by atoms with E-state index in [-0.39, 0.29) is 22.4 Å². The minimum atomic E-state index is -0.985. The van der Waals surface area contributed by atoms with E-state index in [2.05, 4.69) is 53.7 Å². The van der Waals surface area contributed by atoms with Crippen molar-refractivity contribution >= 4 is 11.9 Å². The van der Waals surface area contributed by atoms with Crippen LogP contribution in [0.15, 0.2) is 36.4 Å². The molecule has 0 saturated carbocycles. The Balaban J connectivity index is 2.20. The second-order valence-corrected chi connectivity index (χ2v) is 9.22. The highest BCUT2D eigenvalue weighted by Gasteiger charge is 2.39. The molecular weight excluding hydrogens is 340 g/mol. The number of ether oxygens (including phenoxy) is 1. The van der Waals surface area contributed by atoms with Crippen LogP contribution in [0.5, 0.6) is 5.75 Å². The van der Waals surface area contributed by atoms with Gasteiger partial charge >= 0.3 is 11.9 Å². The van der Waals surface area contributed by atoms with Gasteiger partial charge in [0.15, 0.2) is 0 Å². The summed E-state index contributed by atoms with van der Waals surface area (Å²) in [5, 5.41) is 9.11. The van der Waals surface area contributed by atoms with Crippen LogP contribution in [0.3, 0.4) is 0 Å². The van der Waals surface area contributed by atoms with Gasteiger partial charge in [-0.15, -0.1) is 0 Å². The molecule has 3 rings (SSSR count). The Morgan fingerprint density at radius 2 is 1.56 bits per heavy atom. The Bertz CT molecular complexity index is 909. The molecule has 0 radical (unpaired) electrons. The number of carbonyl (C=O) groups excluding carboxylic acids is 1. The predicted octanol–water partition coefficient (Wildman–Crippen LogP) is 5.03. The number of carbonyl (C=O) groups is 2. The Morgan fingerprint density at radius 1 is 0.963 bits per heavy atom. The van der Waals surface area contributed by atoms with Crippen LogP contribution < -0.4 is 4.74 Å². The molecular formula is C23H26O4. The summed E-state index contributed by atoms with van der Waals surface area (Å²) in [5.41, 5.74) is 3.73. The molecule has 2 aromatic carbocycles. The number of esters is 1. The first kappa shape index (κ1) is 19.2. The van der Waals surface area contributed by atoms with Gasteiger partial charge in [-0.2, -0.15) is 0 Å². The van der Waals surface area contributed by atoms with Crippen LogP contribution in [0, 0.1) is 0 Å². The van der Waals surface area contributed by atoms with Crippen LogP contribution in [0.25, 0.3) is 0 Å². The maximum Gasteiger partial charge on any atom is 0.335 e. The Hall–Kier alpha value is -2.62. The molecule has 0 aliphatic carbocycles. The number of fused-ring (bicyclic) bond motifs is 1. The third kappa shape index (κ3) is 3.48. The van der Waals surface area contributed by atoms with Crippen molar-refractivity contribution in [2.45, 2.75) is 58.3 Å². The fourth-order valence-electron chi connectivity index (χ4n) is 3.39. The second-order valence-electron chi connectivity index (χ2n) is 9.22. The molecule has 0 aromatic heterocycles. The van der Waals surface area contributed by atoms with Crippen molar-refractivity contribution in [1.82, 2.24) is 0 Å². The lowest BCUT2D eigenvalue weighted by Crippen LogP contribution is -2.17. The van der Waals surface area contributed by atoms with Crippen LogP contribution in [0.1, 0.15) is 80.1 Å². The zero-order valence-electron chi connectivity index (χ0n) is 16.7. The molecule has 1 aliphatic heterocycles. The molecule has 1 atom stereocenters. The quantitative estimate of drug-likeness (QED) is 0.598. The zero-order valence-corrected chi connectivity index (χ0v) is 16.7. The predicted molar refractivity (Wildman–Crippen MR) is 105 cm³/mol. The van der Waals surface area contributed by atoms with Crippen LogP contribution in [0.4, 0.5) is 0 Å². The van der Waals surface area contributed by atoms with Crippen molar-refractivity contribution in [3.63, 3.8) is 0 Å². The average Bonchev–Trinajstić information content (AvgIpc) is 2.87. The van der Waals surface area contributed by atoms with Crippen LogP contribution in [0.2, 0.25) is 0 Å². The van der Waals surface area contributed by atoms with Crippen molar-refractivity contribution in [2.24, 2.45) is 0 Å². The van der Waals surface area contributed by atoms with Crippen molar-refractivity contribution in [3.8, 4) is 5.75 Å². The van der Waals surface area contributed by atoms with Crippen molar-refractivity contribution < 1.29 is 19.4 Å². The monoisotopic (exact) mass is 366 g/mol. The molecule has 1 N–H and O–H groups in total. The molecule has 0 amide bonds. The van der Waals surface area contributed by atoms with E-state index in [1.807, 2.05) is 0 Å². The molecule has 1 heterocycles. The van der Waals surface area contributed by atoms with Gasteiger partial charge in [-0.3, -0.25) is 4.79 Å². The topological polar surface area (TPSA) is 63.6 Å². The van der Waals surface area contributed by atoms with Crippen molar-refractivity contribution in [2.75, 3.05) is 0 Å². The standard InChI is InChI=1S/C23H26O4/c1-22(2,3)15-11-16-18(13-7-9-14(10-8-13)20(24)25)21(26)27-19(16)17(12-15)23(4,5)6/h7-12,18H,1-6H3,(H,24,25). The van der Waals surface area contributed by atoms with Gasteiger partial charge in [0.25, 0.3) is 0 Å². The van der Waals surface area contributed by atoms with E-state index in [0.29, 0.717) is 5.75 Å². The van der Waals surface area contributed by atoms with Gasteiger partial charge in [-0.25, -0.2) is 4.79 Å². The Morgan fingerprint density at radius 3 is 2.04 bits per heavy atom. The van der Waals surface area contributed by atoms with Crippen molar-refractivity contribution in [1.29, 1.82) is 0 Å². The highest BCUT2D eigenvalue weighted by Crippen LogP contribution is 2.47. The van der Waals surface area contributed by atoms with E-state index in [4.69, 9.17) is 9.84 Å². The number of rotatable bonds is 2. The van der Waals surface area contributed by atoms with Crippen LogP contribution >= 0.6 is 0 Å². The molecule has 4 nitrogen and oxygen atoms in total. The molecule has 1 aliphatic rings. The fraction of sp³-hybridized carbons (Fsp3) is 0.391. The molecule has 1 unspecified atom stereocenters. The van der Waals surface area contributed by atoms with E-state index in [0.717, 1.165) is 22.3 Å². The summed E-state index contributed by atoms with van der Waals surface area (Å²) < 4.78 is 5.72. The summed E-state index contributed by atoms with van der Waals surface area (Å²) in [5.74, 6) is -1.19. The van der Waals surface area contributed by atoms with E-state index < -0.39 is 11.9 Å². The SMILES string of the molecule is CC(C)(C)c1cc2c(c(C(C)(C)C)c1)OC(=O)C2c1ccc(C(=O)O)cc1. The minimum absolute atomic E-state index is 0.0710. The molecule has 0 bridgehead atoms. The normalized spacial score (nSPS) is 16.8. The lowest BCUT2D eigenvalue weighted by atomic mass is 9.77. The first-order chi connectivity index (χ1) is 12.4. The van der Waals surface area contributed by atoms with Gasteiger partial charge < -0.3 is 9.84 Å². The number of carboxylic acids is 1. The first-order valence-electron chi connectivity index (χ1n) is 9.13. The summed E-state index contributed by atoms with van der Waals surface area (Å²) in [7, 11) is 0. The van der Waals surface area contributed by atoms with Gasteiger partial charge in [0.1, 0.15) is 11.7 Å². The molecule has 0 spiro atoms. The lowest BCUT2D eigenvalue weighted by molar-refractivity contribution is -0.133. The van der Waals surface area contributed by atoms with E-state index in [1.54, 1.807) is 12.1 Å². The molecule has 2 aromatic rings. The fourth-order valence-corrected chi connectivity index (χ4v) is 3.39. The largest absolute Gasteiger partial charge is 0.478 e. The third-order valence-electron chi connectivity index (χ3n) is 5.03. The second kappa shape index (κ2) is 6.22. The van der Waals surface area contributed by atoms with Gasteiger partial charge in [-0.1, -0.05) is 65.8 Å². The van der Waals surface area contributed by atoms with Crippen LogP contribution in [-0.2, 0) is 15.6 Å². The molecule has 4 heteroatoms. The molecule has 27 heavy (non-hydrogen) atoms. The first-order valence-corrected chi connectivity index (χ1v) is 9.13. The number of hydrogen-bond donors (Lipinski definition) is 1. The summed E-state index contributed by atoms with van der Waals surface area (Å²) in [6.45, 7) is 12.8. The van der Waals surface area contributed by atoms with Gasteiger partial charge in [0, 0.05) is 11.1 Å². The summed E-state index contributed by atoms with van der Waals surface area (Å²) in [4.78, 5) is 23.9. The highest BCUT2D eigenvalue weighted by atomic mass is 16.5. The minimum Gasteiger partial charge on any atom is -0.478 e. The third-order valence-corrected chi connectivity index (χ3v) is 5.03. The van der Waals surface area contributed by atoms with Crippen molar-refractivity contribution in [3.05, 3.63) is 64.2 Å². The average molecular weight is 366 g/mol. The Kier molecular flexibility index (Phi) is 4.41.